The molecule has 3 aromatic rings. The molecule has 0 spiro atoms. The number of fused-ring (bicyclic) bond motifs is 1. The Morgan fingerprint density at radius 3 is 2.78 bits per heavy atom. The van der Waals surface area contributed by atoms with Gasteiger partial charge < -0.3 is 16.0 Å². The van der Waals surface area contributed by atoms with Gasteiger partial charge in [-0.05, 0) is 23.9 Å². The van der Waals surface area contributed by atoms with E-state index in [1.54, 1.807) is 19.2 Å². The summed E-state index contributed by atoms with van der Waals surface area (Å²) in [6.07, 6.45) is 1.63. The maximum atomic E-state index is 12.3. The first-order valence-electron chi connectivity index (χ1n) is 7.14. The van der Waals surface area contributed by atoms with Crippen molar-refractivity contribution < 1.29 is 4.79 Å². The largest absolute Gasteiger partial charge is 0.347 e. The fraction of sp³-hybridized carbons (Fsp3) is 0.188. The number of benzene rings is 1. The van der Waals surface area contributed by atoms with E-state index in [2.05, 4.69) is 15.3 Å². The van der Waals surface area contributed by atoms with E-state index in [9.17, 15) is 9.59 Å². The fourth-order valence-electron chi connectivity index (χ4n) is 2.42. The number of thiazole rings is 1. The van der Waals surface area contributed by atoms with Crippen molar-refractivity contribution in [1.82, 2.24) is 15.3 Å². The number of nitrogens with zero attached hydrogens (tertiary/aromatic N) is 1. The lowest BCUT2D eigenvalue weighted by molar-refractivity contribution is 0.0954. The zero-order chi connectivity index (χ0) is 16.4. The minimum Gasteiger partial charge on any atom is -0.347 e. The molecule has 0 aliphatic rings. The van der Waals surface area contributed by atoms with Gasteiger partial charge in [0.25, 0.3) is 11.5 Å². The number of rotatable bonds is 4. The highest BCUT2D eigenvalue weighted by molar-refractivity contribution is 7.13. The van der Waals surface area contributed by atoms with Gasteiger partial charge in [-0.25, -0.2) is 4.98 Å². The van der Waals surface area contributed by atoms with Crippen LogP contribution < -0.4 is 16.6 Å². The number of carbonyl (C=O) groups is 1. The van der Waals surface area contributed by atoms with Gasteiger partial charge in [0.1, 0.15) is 9.88 Å². The molecular formula is C16H16N4O2S. The molecule has 23 heavy (non-hydrogen) atoms. The summed E-state index contributed by atoms with van der Waals surface area (Å²) >= 11 is 1.30. The van der Waals surface area contributed by atoms with E-state index in [-0.39, 0.29) is 11.5 Å². The van der Waals surface area contributed by atoms with Crippen molar-refractivity contribution in [3.8, 4) is 0 Å². The van der Waals surface area contributed by atoms with Crippen LogP contribution in [0.25, 0.3) is 10.8 Å². The third-order valence-electron chi connectivity index (χ3n) is 3.56. The Bertz CT molecular complexity index is 929. The summed E-state index contributed by atoms with van der Waals surface area (Å²) in [5.74, 6) is -0.185. The average molecular weight is 328 g/mol. The van der Waals surface area contributed by atoms with Crippen molar-refractivity contribution in [3.05, 3.63) is 62.0 Å². The Hall–Kier alpha value is -2.51. The summed E-state index contributed by atoms with van der Waals surface area (Å²) < 4.78 is 0. The van der Waals surface area contributed by atoms with Gasteiger partial charge in [-0.3, -0.25) is 9.59 Å². The molecule has 3 rings (SSSR count). The number of amides is 1. The van der Waals surface area contributed by atoms with Crippen LogP contribution in [0.1, 0.15) is 25.9 Å². The second kappa shape index (κ2) is 6.31. The van der Waals surface area contributed by atoms with E-state index in [1.165, 1.54) is 11.3 Å². The molecule has 7 heteroatoms. The Kier molecular flexibility index (Phi) is 4.22. The summed E-state index contributed by atoms with van der Waals surface area (Å²) in [6, 6.07) is 7.32. The Labute approximate surface area is 136 Å². The average Bonchev–Trinajstić information content (AvgIpc) is 2.95. The van der Waals surface area contributed by atoms with Crippen LogP contribution in [0.2, 0.25) is 0 Å². The van der Waals surface area contributed by atoms with Crippen molar-refractivity contribution in [1.29, 1.82) is 0 Å². The second-order valence-corrected chi connectivity index (χ2v) is 6.18. The molecule has 0 fully saturated rings. The third kappa shape index (κ3) is 3.01. The molecule has 0 aliphatic carbocycles. The highest BCUT2D eigenvalue weighted by Crippen LogP contribution is 2.18. The number of hydrogen-bond acceptors (Lipinski definition) is 5. The van der Waals surface area contributed by atoms with E-state index in [4.69, 9.17) is 5.73 Å². The van der Waals surface area contributed by atoms with E-state index in [0.29, 0.717) is 29.0 Å². The van der Waals surface area contributed by atoms with Crippen LogP contribution in [0.4, 0.5) is 0 Å². The number of hydrogen-bond donors (Lipinski definition) is 3. The fourth-order valence-corrected chi connectivity index (χ4v) is 3.28. The van der Waals surface area contributed by atoms with Crippen LogP contribution in [-0.4, -0.2) is 15.9 Å². The predicted octanol–water partition coefficient (Wildman–Crippen LogP) is 1.68. The monoisotopic (exact) mass is 328 g/mol. The van der Waals surface area contributed by atoms with Gasteiger partial charge in [0.15, 0.2) is 0 Å². The van der Waals surface area contributed by atoms with E-state index in [1.807, 2.05) is 18.2 Å². The Morgan fingerprint density at radius 1 is 1.35 bits per heavy atom. The highest BCUT2D eigenvalue weighted by atomic mass is 32.1. The molecule has 0 bridgehead atoms. The smallest absolute Gasteiger partial charge is 0.263 e. The first-order valence-corrected chi connectivity index (χ1v) is 7.95. The van der Waals surface area contributed by atoms with Gasteiger partial charge in [-0.2, -0.15) is 0 Å². The zero-order valence-electron chi connectivity index (χ0n) is 12.6. The molecular weight excluding hydrogens is 312 g/mol. The van der Waals surface area contributed by atoms with Crippen LogP contribution in [0.15, 0.2) is 35.3 Å². The third-order valence-corrected chi connectivity index (χ3v) is 4.73. The number of aromatic amines is 1. The molecule has 0 saturated heterocycles. The zero-order valence-corrected chi connectivity index (χ0v) is 13.4. The summed E-state index contributed by atoms with van der Waals surface area (Å²) in [5.41, 5.74) is 6.95. The van der Waals surface area contributed by atoms with E-state index < -0.39 is 0 Å². The van der Waals surface area contributed by atoms with Gasteiger partial charge in [0, 0.05) is 24.7 Å². The van der Waals surface area contributed by atoms with Gasteiger partial charge in [0.05, 0.1) is 5.69 Å². The van der Waals surface area contributed by atoms with Crippen molar-refractivity contribution in [2.45, 2.75) is 20.0 Å². The SMILES string of the molecule is Cc1nc(CN)sc1C(=O)NCc1c[nH]c(=O)c2ccccc12. The van der Waals surface area contributed by atoms with Crippen molar-refractivity contribution >= 4 is 28.0 Å². The molecule has 0 radical (unpaired) electrons. The second-order valence-electron chi connectivity index (χ2n) is 5.10. The van der Waals surface area contributed by atoms with Gasteiger partial charge in [-0.15, -0.1) is 11.3 Å². The number of carbonyl (C=O) groups excluding carboxylic acids is 1. The molecule has 0 aliphatic heterocycles. The number of nitrogens with two attached hydrogens (primary N) is 1. The lowest BCUT2D eigenvalue weighted by Gasteiger charge is -2.07. The summed E-state index contributed by atoms with van der Waals surface area (Å²) in [5, 5.41) is 5.06. The van der Waals surface area contributed by atoms with Gasteiger partial charge >= 0.3 is 0 Å². The van der Waals surface area contributed by atoms with Crippen LogP contribution in [0, 0.1) is 6.92 Å². The first-order chi connectivity index (χ1) is 11.1. The molecule has 0 unspecified atom stereocenters. The molecule has 1 aromatic carbocycles. The maximum Gasteiger partial charge on any atom is 0.263 e. The number of H-pyrrole nitrogens is 1. The standard InChI is InChI=1S/C16H16N4O2S/c1-9-14(23-13(6-17)20-9)16(22)19-8-10-7-18-15(21)12-5-3-2-4-11(10)12/h2-5,7H,6,8,17H2,1H3,(H,18,21)(H,19,22). The molecule has 0 atom stereocenters. The maximum absolute atomic E-state index is 12.3. The quantitative estimate of drug-likeness (QED) is 0.678. The lowest BCUT2D eigenvalue weighted by Crippen LogP contribution is -2.23. The summed E-state index contributed by atoms with van der Waals surface area (Å²) in [4.78, 5) is 31.6. The topological polar surface area (TPSA) is 101 Å². The van der Waals surface area contributed by atoms with Crippen LogP contribution >= 0.6 is 11.3 Å². The molecule has 0 saturated carbocycles. The summed E-state index contributed by atoms with van der Waals surface area (Å²) in [7, 11) is 0. The summed E-state index contributed by atoms with van der Waals surface area (Å²) in [6.45, 7) is 2.44. The Balaban J connectivity index is 1.83. The molecule has 2 aromatic heterocycles. The number of nitrogens with one attached hydrogen (secondary N) is 2. The lowest BCUT2D eigenvalue weighted by atomic mass is 10.1. The number of pyridine rings is 1. The minimum atomic E-state index is -0.185. The minimum absolute atomic E-state index is 0.137. The molecule has 118 valence electrons. The first kappa shape index (κ1) is 15.4. The Morgan fingerprint density at radius 2 is 2.09 bits per heavy atom. The van der Waals surface area contributed by atoms with E-state index >= 15 is 0 Å². The van der Waals surface area contributed by atoms with Gasteiger partial charge in [-0.1, -0.05) is 18.2 Å². The molecule has 2 heterocycles. The molecule has 4 N–H and O–H groups in total. The van der Waals surface area contributed by atoms with Crippen molar-refractivity contribution in [2.75, 3.05) is 0 Å². The van der Waals surface area contributed by atoms with Crippen LogP contribution in [0.5, 0.6) is 0 Å². The van der Waals surface area contributed by atoms with Crippen molar-refractivity contribution in [3.63, 3.8) is 0 Å². The highest BCUT2D eigenvalue weighted by Gasteiger charge is 2.15. The number of aromatic nitrogens is 2. The van der Waals surface area contributed by atoms with E-state index in [0.717, 1.165) is 16.0 Å². The van der Waals surface area contributed by atoms with Crippen molar-refractivity contribution in [2.24, 2.45) is 5.73 Å². The number of aryl methyl sites for hydroxylation is 1. The predicted molar refractivity (Wildman–Crippen MR) is 90.5 cm³/mol. The van der Waals surface area contributed by atoms with Crippen LogP contribution in [0.3, 0.4) is 0 Å². The molecule has 6 nitrogen and oxygen atoms in total. The normalized spacial score (nSPS) is 10.9. The van der Waals surface area contributed by atoms with Gasteiger partial charge in [0.2, 0.25) is 0 Å². The van der Waals surface area contributed by atoms with Crippen LogP contribution in [-0.2, 0) is 13.1 Å². The molecule has 1 amide bonds.